The van der Waals surface area contributed by atoms with Crippen LogP contribution in [-0.4, -0.2) is 29.4 Å². The fourth-order valence-corrected chi connectivity index (χ4v) is 1.32. The fraction of sp³-hybridized carbons (Fsp3) is 0.833. The maximum absolute atomic E-state index is 11.9. The minimum Gasteiger partial charge on any atom is -0.458 e. The quantitative estimate of drug-likeness (QED) is 0.610. The van der Waals surface area contributed by atoms with Crippen molar-refractivity contribution in [2.75, 3.05) is 5.88 Å². The van der Waals surface area contributed by atoms with Crippen molar-refractivity contribution in [1.82, 2.24) is 5.32 Å². The Morgan fingerprint density at radius 2 is 1.88 bits per heavy atom. The van der Waals surface area contributed by atoms with Gasteiger partial charge in [-0.15, -0.1) is 11.6 Å². The molecule has 0 radical (unpaired) electrons. The van der Waals surface area contributed by atoms with E-state index in [0.717, 1.165) is 6.42 Å². The summed E-state index contributed by atoms with van der Waals surface area (Å²) in [6.45, 7) is 9.23. The Bertz CT molecular complexity index is 273. The summed E-state index contributed by atoms with van der Waals surface area (Å²) in [5, 5.41) is 2.59. The average Bonchev–Trinajstić information content (AvgIpc) is 2.21. The first-order chi connectivity index (χ1) is 7.71. The lowest BCUT2D eigenvalue weighted by molar-refractivity contribution is -0.160. The van der Waals surface area contributed by atoms with Crippen molar-refractivity contribution in [1.29, 1.82) is 0 Å². The SMILES string of the molecule is CC[C@H](C)[C@@H](NC(=O)CCl)C(=O)OC(C)(C)C. The predicted octanol–water partition coefficient (Wildman–Crippen LogP) is 2.10. The van der Waals surface area contributed by atoms with Crippen LogP contribution in [0.25, 0.3) is 0 Å². The van der Waals surface area contributed by atoms with E-state index in [9.17, 15) is 9.59 Å². The third kappa shape index (κ3) is 6.51. The molecule has 0 aromatic carbocycles. The third-order valence-corrected chi connectivity index (χ3v) is 2.55. The van der Waals surface area contributed by atoms with Crippen molar-refractivity contribution in [2.24, 2.45) is 5.92 Å². The Morgan fingerprint density at radius 3 is 2.24 bits per heavy atom. The van der Waals surface area contributed by atoms with Crippen molar-refractivity contribution in [3.05, 3.63) is 0 Å². The summed E-state index contributed by atoms with van der Waals surface area (Å²) in [4.78, 5) is 23.2. The first-order valence-corrected chi connectivity index (χ1v) is 6.33. The smallest absolute Gasteiger partial charge is 0.329 e. The van der Waals surface area contributed by atoms with Gasteiger partial charge in [0.05, 0.1) is 0 Å². The number of nitrogens with one attached hydrogen (secondary N) is 1. The molecule has 0 spiro atoms. The van der Waals surface area contributed by atoms with Crippen LogP contribution in [0.2, 0.25) is 0 Å². The van der Waals surface area contributed by atoms with Gasteiger partial charge in [-0.05, 0) is 26.7 Å². The van der Waals surface area contributed by atoms with Gasteiger partial charge < -0.3 is 10.1 Å². The van der Waals surface area contributed by atoms with E-state index < -0.39 is 17.6 Å². The number of ether oxygens (including phenoxy) is 1. The van der Waals surface area contributed by atoms with Crippen molar-refractivity contribution in [2.45, 2.75) is 52.7 Å². The first kappa shape index (κ1) is 16.2. The van der Waals surface area contributed by atoms with Crippen LogP contribution < -0.4 is 5.32 Å². The normalized spacial score (nSPS) is 14.9. The Labute approximate surface area is 108 Å². The van der Waals surface area contributed by atoms with Gasteiger partial charge in [-0.25, -0.2) is 4.79 Å². The highest BCUT2D eigenvalue weighted by atomic mass is 35.5. The average molecular weight is 264 g/mol. The summed E-state index contributed by atoms with van der Waals surface area (Å²) in [6.07, 6.45) is 0.770. The number of esters is 1. The first-order valence-electron chi connectivity index (χ1n) is 5.79. The van der Waals surface area contributed by atoms with Gasteiger partial charge >= 0.3 is 5.97 Å². The number of hydrogen-bond acceptors (Lipinski definition) is 3. The molecular formula is C12H22ClNO3. The van der Waals surface area contributed by atoms with Crippen LogP contribution in [0, 0.1) is 5.92 Å². The van der Waals surface area contributed by atoms with Gasteiger partial charge in [-0.1, -0.05) is 20.3 Å². The van der Waals surface area contributed by atoms with Crippen molar-refractivity contribution >= 4 is 23.5 Å². The summed E-state index contributed by atoms with van der Waals surface area (Å²) >= 11 is 5.42. The maximum atomic E-state index is 11.9. The number of carbonyl (C=O) groups excluding carboxylic acids is 2. The molecular weight excluding hydrogens is 242 g/mol. The standard InChI is InChI=1S/C12H22ClNO3/c1-6-8(2)10(14-9(15)7-13)11(16)17-12(3,4)5/h8,10H,6-7H2,1-5H3,(H,14,15)/t8-,10+/m0/s1. The number of rotatable bonds is 5. The molecule has 0 heterocycles. The van der Waals surface area contributed by atoms with Crippen LogP contribution in [-0.2, 0) is 14.3 Å². The van der Waals surface area contributed by atoms with Crippen molar-refractivity contribution in [3.63, 3.8) is 0 Å². The van der Waals surface area contributed by atoms with E-state index in [2.05, 4.69) is 5.32 Å². The molecule has 2 atom stereocenters. The fourth-order valence-electron chi connectivity index (χ4n) is 1.25. The second-order valence-corrected chi connectivity index (χ2v) is 5.37. The highest BCUT2D eigenvalue weighted by Gasteiger charge is 2.30. The maximum Gasteiger partial charge on any atom is 0.329 e. The molecule has 0 rings (SSSR count). The van der Waals surface area contributed by atoms with Gasteiger partial charge in [0.1, 0.15) is 17.5 Å². The largest absolute Gasteiger partial charge is 0.458 e. The molecule has 1 N–H and O–H groups in total. The van der Waals surface area contributed by atoms with E-state index in [1.807, 2.05) is 13.8 Å². The van der Waals surface area contributed by atoms with E-state index in [1.165, 1.54) is 0 Å². The Hall–Kier alpha value is -0.770. The monoisotopic (exact) mass is 263 g/mol. The highest BCUT2D eigenvalue weighted by molar-refractivity contribution is 6.27. The van der Waals surface area contributed by atoms with Crippen LogP contribution in [0.1, 0.15) is 41.0 Å². The summed E-state index contributed by atoms with van der Waals surface area (Å²) in [6, 6.07) is -0.634. The zero-order valence-electron chi connectivity index (χ0n) is 11.2. The molecule has 0 unspecified atom stereocenters. The number of alkyl halides is 1. The molecule has 0 saturated carbocycles. The highest BCUT2D eigenvalue weighted by Crippen LogP contribution is 2.14. The van der Waals surface area contributed by atoms with E-state index in [0.29, 0.717) is 0 Å². The number of amides is 1. The van der Waals surface area contributed by atoms with Gasteiger partial charge in [-0.2, -0.15) is 0 Å². The molecule has 0 aliphatic rings. The van der Waals surface area contributed by atoms with Crippen LogP contribution >= 0.6 is 11.6 Å². The van der Waals surface area contributed by atoms with Crippen LogP contribution in [0.4, 0.5) is 0 Å². The van der Waals surface area contributed by atoms with Crippen LogP contribution in [0.3, 0.4) is 0 Å². The topological polar surface area (TPSA) is 55.4 Å². The minimum atomic E-state index is -0.634. The Kier molecular flexibility index (Phi) is 6.53. The molecule has 0 fully saturated rings. The Balaban J connectivity index is 4.68. The van der Waals surface area contributed by atoms with Gasteiger partial charge in [-0.3, -0.25) is 4.79 Å². The van der Waals surface area contributed by atoms with Crippen molar-refractivity contribution < 1.29 is 14.3 Å². The Morgan fingerprint density at radius 1 is 1.35 bits per heavy atom. The summed E-state index contributed by atoms with van der Waals surface area (Å²) in [7, 11) is 0. The molecule has 1 amide bonds. The number of carbonyl (C=O) groups is 2. The zero-order valence-corrected chi connectivity index (χ0v) is 11.9. The number of hydrogen-bond donors (Lipinski definition) is 1. The minimum absolute atomic E-state index is 0.0111. The van der Waals surface area contributed by atoms with Gasteiger partial charge in [0, 0.05) is 0 Å². The van der Waals surface area contributed by atoms with E-state index in [-0.39, 0.29) is 17.7 Å². The van der Waals surface area contributed by atoms with Gasteiger partial charge in [0.2, 0.25) is 5.91 Å². The predicted molar refractivity (Wildman–Crippen MR) is 68.0 cm³/mol. The lowest BCUT2D eigenvalue weighted by atomic mass is 9.99. The van der Waals surface area contributed by atoms with Gasteiger partial charge in [0.15, 0.2) is 0 Å². The molecule has 17 heavy (non-hydrogen) atoms. The van der Waals surface area contributed by atoms with E-state index in [1.54, 1.807) is 20.8 Å². The third-order valence-electron chi connectivity index (χ3n) is 2.31. The number of halogens is 1. The second-order valence-electron chi connectivity index (χ2n) is 5.10. The lowest BCUT2D eigenvalue weighted by Gasteiger charge is -2.27. The summed E-state index contributed by atoms with van der Waals surface area (Å²) < 4.78 is 5.27. The summed E-state index contributed by atoms with van der Waals surface area (Å²) in [5.41, 5.74) is -0.561. The molecule has 0 aliphatic heterocycles. The molecule has 5 heteroatoms. The van der Waals surface area contributed by atoms with Gasteiger partial charge in [0.25, 0.3) is 0 Å². The molecule has 4 nitrogen and oxygen atoms in total. The molecule has 0 saturated heterocycles. The molecule has 0 aromatic rings. The van der Waals surface area contributed by atoms with E-state index >= 15 is 0 Å². The van der Waals surface area contributed by atoms with E-state index in [4.69, 9.17) is 16.3 Å². The zero-order chi connectivity index (χ0) is 13.6. The molecule has 0 bridgehead atoms. The van der Waals surface area contributed by atoms with Crippen LogP contribution in [0.5, 0.6) is 0 Å². The van der Waals surface area contributed by atoms with Crippen LogP contribution in [0.15, 0.2) is 0 Å². The molecule has 100 valence electrons. The van der Waals surface area contributed by atoms with Crippen molar-refractivity contribution in [3.8, 4) is 0 Å². The summed E-state index contributed by atoms with van der Waals surface area (Å²) in [5.74, 6) is -0.916. The molecule has 0 aromatic heterocycles. The second kappa shape index (κ2) is 6.84. The lowest BCUT2D eigenvalue weighted by Crippen LogP contribution is -2.48. The molecule has 0 aliphatic carbocycles.